The third-order valence-electron chi connectivity index (χ3n) is 7.54. The van der Waals surface area contributed by atoms with Gasteiger partial charge in [-0.1, -0.05) is 30.2 Å². The monoisotopic (exact) mass is 504 g/mol. The molecule has 0 radical (unpaired) electrons. The largest absolute Gasteiger partial charge is 2.00 e. The maximum Gasteiger partial charge on any atom is 2.00 e. The summed E-state index contributed by atoms with van der Waals surface area (Å²) in [6, 6.07) is 3.27. The minimum atomic E-state index is -1.56. The van der Waals surface area contributed by atoms with Crippen molar-refractivity contribution in [2.45, 2.75) is 57.2 Å². The van der Waals surface area contributed by atoms with E-state index in [-0.39, 0.29) is 57.0 Å². The molecule has 180 valence electrons. The summed E-state index contributed by atoms with van der Waals surface area (Å²) in [7, 11) is 1.30. The Balaban J connectivity index is 0.00000342. The zero-order valence-electron chi connectivity index (χ0n) is 20.3. The summed E-state index contributed by atoms with van der Waals surface area (Å²) < 4.78 is 10.7. The van der Waals surface area contributed by atoms with Crippen LogP contribution in [0, 0.1) is 11.3 Å². The van der Waals surface area contributed by atoms with Gasteiger partial charge in [-0.15, -0.1) is 0 Å². The van der Waals surface area contributed by atoms with E-state index in [0.717, 1.165) is 0 Å². The third-order valence-corrected chi connectivity index (χ3v) is 7.54. The second-order valence-electron chi connectivity index (χ2n) is 9.39. The van der Waals surface area contributed by atoms with Gasteiger partial charge in [0.15, 0.2) is 0 Å². The number of nitrogens with zero attached hydrogens (tertiary/aromatic N) is 2. The number of cyclic esters (lactones) is 1. The van der Waals surface area contributed by atoms with E-state index in [4.69, 9.17) is 9.47 Å². The first-order valence-electron chi connectivity index (χ1n) is 11.4. The van der Waals surface area contributed by atoms with E-state index in [9.17, 15) is 19.8 Å². The van der Waals surface area contributed by atoms with Gasteiger partial charge in [-0.25, -0.2) is 4.79 Å². The molecule has 1 aromatic heterocycles. The Morgan fingerprint density at radius 1 is 1.31 bits per heavy atom. The predicted molar refractivity (Wildman–Crippen MR) is 126 cm³/mol. The number of hydrogen-bond donors (Lipinski definition) is 0. The Hall–Kier alpha value is -2.00. The summed E-state index contributed by atoms with van der Waals surface area (Å²) in [5.41, 5.74) is -2.50. The molecule has 4 rings (SSSR count). The number of carbonyl (C=O) groups excluding carboxylic acids is 2. The summed E-state index contributed by atoms with van der Waals surface area (Å²) in [5, 5.41) is 26.7. The molecule has 0 spiro atoms. The Kier molecular flexibility index (Phi) is 8.31. The summed E-state index contributed by atoms with van der Waals surface area (Å²) in [4.78, 5) is 33.2. The van der Waals surface area contributed by atoms with E-state index in [1.807, 2.05) is 0 Å². The van der Waals surface area contributed by atoms with Crippen LogP contribution >= 0.6 is 0 Å². The number of esters is 2. The average molecular weight is 505 g/mol. The van der Waals surface area contributed by atoms with E-state index in [0.29, 0.717) is 29.7 Å². The van der Waals surface area contributed by atoms with Gasteiger partial charge in [-0.3, -0.25) is 14.8 Å². The number of aliphatic imine (C=N–C) groups is 1. The van der Waals surface area contributed by atoms with Crippen LogP contribution in [0.3, 0.4) is 0 Å². The molecule has 0 aromatic carbocycles. The van der Waals surface area contributed by atoms with Gasteiger partial charge in [0, 0.05) is 18.0 Å². The average Bonchev–Trinajstić information content (AvgIpc) is 2.94. The molecular weight excluding hydrogens is 476 g/mol. The van der Waals surface area contributed by atoms with Gasteiger partial charge in [0.1, 0.15) is 5.60 Å². The zero-order chi connectivity index (χ0) is 24.6. The first kappa shape index (κ1) is 27.6. The SMILES string of the molecule is COC(=O)C1=CC[C@@]23CC[C@@H]([C@@](C)(/C=C/C=C(\C)C([O-])=Nc4ccncc4)OC2=O)[C@@]3([O-])CC1.[Ca+2]. The summed E-state index contributed by atoms with van der Waals surface area (Å²) in [6.07, 6.45) is 11.3. The Labute approximate surface area is 234 Å². The topological polar surface area (TPSA) is 124 Å². The summed E-state index contributed by atoms with van der Waals surface area (Å²) in [6.45, 7) is 3.39. The molecule has 3 aliphatic rings. The maximum absolute atomic E-state index is 14.3. The van der Waals surface area contributed by atoms with E-state index in [1.54, 1.807) is 62.7 Å². The molecule has 8 nitrogen and oxygen atoms in total. The number of aromatic nitrogens is 1. The smallest absolute Gasteiger partial charge is 0.858 e. The van der Waals surface area contributed by atoms with Gasteiger partial charge in [-0.05, 0) is 75.1 Å². The van der Waals surface area contributed by atoms with Gasteiger partial charge in [0.2, 0.25) is 0 Å². The van der Waals surface area contributed by atoms with Crippen LogP contribution in [0.15, 0.2) is 65.0 Å². The second kappa shape index (κ2) is 10.5. The molecule has 4 atom stereocenters. The molecule has 1 aliphatic heterocycles. The van der Waals surface area contributed by atoms with Crippen LogP contribution in [0.1, 0.15) is 46.0 Å². The number of allylic oxidation sites excluding steroid dienone is 3. The van der Waals surface area contributed by atoms with Crippen LogP contribution in [0.5, 0.6) is 0 Å². The molecule has 2 heterocycles. The first-order chi connectivity index (χ1) is 16.1. The molecule has 35 heavy (non-hydrogen) atoms. The molecule has 0 amide bonds. The van der Waals surface area contributed by atoms with Crippen molar-refractivity contribution in [1.82, 2.24) is 4.98 Å². The Morgan fingerprint density at radius 3 is 2.71 bits per heavy atom. The van der Waals surface area contributed by atoms with Crippen LogP contribution in [-0.2, 0) is 19.1 Å². The second-order valence-corrected chi connectivity index (χ2v) is 9.39. The van der Waals surface area contributed by atoms with Crippen molar-refractivity contribution in [3.05, 3.63) is 60.0 Å². The van der Waals surface area contributed by atoms with Crippen molar-refractivity contribution < 1.29 is 29.3 Å². The molecule has 0 N–H and O–H groups in total. The van der Waals surface area contributed by atoms with Crippen LogP contribution in [0.2, 0.25) is 0 Å². The predicted octanol–water partition coefficient (Wildman–Crippen LogP) is 1.69. The summed E-state index contributed by atoms with van der Waals surface area (Å²) >= 11 is 0. The van der Waals surface area contributed by atoms with E-state index >= 15 is 0 Å². The van der Waals surface area contributed by atoms with Crippen LogP contribution in [0.25, 0.3) is 0 Å². The van der Waals surface area contributed by atoms with Crippen LogP contribution in [-0.4, -0.2) is 78.9 Å². The minimum Gasteiger partial charge on any atom is -0.858 e. The summed E-state index contributed by atoms with van der Waals surface area (Å²) in [5.74, 6) is -1.83. The molecule has 2 fully saturated rings. The minimum absolute atomic E-state index is 0. The molecule has 1 saturated carbocycles. The van der Waals surface area contributed by atoms with Gasteiger partial charge in [-0.2, -0.15) is 0 Å². The van der Waals surface area contributed by atoms with Gasteiger partial charge in [0.05, 0.1) is 18.2 Å². The molecule has 1 saturated heterocycles. The number of methoxy groups -OCH3 is 1. The Bertz CT molecular complexity index is 1110. The van der Waals surface area contributed by atoms with Gasteiger partial charge >= 0.3 is 49.7 Å². The van der Waals surface area contributed by atoms with Crippen LogP contribution in [0.4, 0.5) is 5.69 Å². The van der Waals surface area contributed by atoms with Crippen molar-refractivity contribution in [3.8, 4) is 0 Å². The quantitative estimate of drug-likeness (QED) is 0.196. The van der Waals surface area contributed by atoms with Crippen molar-refractivity contribution in [3.63, 3.8) is 0 Å². The Morgan fingerprint density at radius 2 is 2.03 bits per heavy atom. The van der Waals surface area contributed by atoms with E-state index in [2.05, 4.69) is 9.98 Å². The molecule has 1 aromatic rings. The number of carbonyl (C=O) groups is 2. The normalized spacial score (nSPS) is 32.7. The number of rotatable bonds is 5. The van der Waals surface area contributed by atoms with Gasteiger partial charge in [0.25, 0.3) is 0 Å². The third kappa shape index (κ3) is 4.86. The van der Waals surface area contributed by atoms with Crippen molar-refractivity contribution >= 4 is 61.3 Å². The van der Waals surface area contributed by atoms with Crippen molar-refractivity contribution in [2.75, 3.05) is 7.11 Å². The zero-order valence-corrected chi connectivity index (χ0v) is 22.5. The standard InChI is InChI=1S/C26H29N2O6.Ca/c1-17(21(29)28-19-9-15-27-16-10-19)5-4-11-24(2)20-8-13-25(23(31)34-24)12-6-18(22(30)33-3)7-14-26(20,25)32;/h4-6,9-11,15-16,20H,7-8,12-14H2,1-3H3,(H,27,28,29);/q-1;+2/p-1/b11-4+,17-5+;/t20-,24+,25+,26-;/m0./s1. The fourth-order valence-corrected chi connectivity index (χ4v) is 5.60. The molecular formula is C26H28CaN2O6. The van der Waals surface area contributed by atoms with Crippen molar-refractivity contribution in [2.24, 2.45) is 16.3 Å². The maximum atomic E-state index is 14.3. The van der Waals surface area contributed by atoms with Gasteiger partial charge < -0.3 is 19.7 Å². The number of pyridine rings is 1. The fraction of sp³-hybridized carbons (Fsp3) is 0.462. The molecule has 9 heteroatoms. The van der Waals surface area contributed by atoms with E-state index < -0.39 is 40.4 Å². The molecule has 2 aliphatic carbocycles. The fourth-order valence-electron chi connectivity index (χ4n) is 5.60. The number of hydrogen-bond acceptors (Lipinski definition) is 8. The number of ether oxygens (including phenoxy) is 2. The first-order valence-corrected chi connectivity index (χ1v) is 11.4. The molecule has 2 bridgehead atoms. The van der Waals surface area contributed by atoms with Crippen LogP contribution < -0.4 is 10.2 Å². The van der Waals surface area contributed by atoms with E-state index in [1.165, 1.54) is 7.11 Å². The van der Waals surface area contributed by atoms with Crippen molar-refractivity contribution in [1.29, 1.82) is 0 Å². The molecule has 0 unspecified atom stereocenters.